The lowest BCUT2D eigenvalue weighted by Gasteiger charge is -2.30. The van der Waals surface area contributed by atoms with Crippen LogP contribution in [0.4, 0.5) is 0 Å². The van der Waals surface area contributed by atoms with Gasteiger partial charge < -0.3 is 10.8 Å². The van der Waals surface area contributed by atoms with Gasteiger partial charge in [-0.25, -0.2) is 0 Å². The highest BCUT2D eigenvalue weighted by atomic mass is 32.2. The van der Waals surface area contributed by atoms with Crippen molar-refractivity contribution in [3.05, 3.63) is 0 Å². The number of aliphatic carboxylic acids is 1. The van der Waals surface area contributed by atoms with Crippen molar-refractivity contribution in [2.75, 3.05) is 0 Å². The molecule has 3 nitrogen and oxygen atoms in total. The lowest BCUT2D eigenvalue weighted by atomic mass is 10.1. The summed E-state index contributed by atoms with van der Waals surface area (Å²) in [5.74, 6) is -0.930. The van der Waals surface area contributed by atoms with E-state index in [1.54, 1.807) is 11.8 Å². The van der Waals surface area contributed by atoms with E-state index in [-0.39, 0.29) is 0 Å². The van der Waals surface area contributed by atoms with Gasteiger partial charge in [0.05, 0.1) is 0 Å². The molecule has 0 saturated heterocycles. The molecule has 13 heavy (non-hydrogen) atoms. The van der Waals surface area contributed by atoms with Gasteiger partial charge in [0.1, 0.15) is 6.04 Å². The molecule has 0 aromatic heterocycles. The highest BCUT2D eigenvalue weighted by molar-refractivity contribution is 8.01. The summed E-state index contributed by atoms with van der Waals surface area (Å²) in [5.41, 5.74) is 5.58. The van der Waals surface area contributed by atoms with Crippen LogP contribution in [0, 0.1) is 0 Å². The Balaban J connectivity index is 4.29. The predicted octanol–water partition coefficient (Wildman–Crippen LogP) is 1.71. The summed E-state index contributed by atoms with van der Waals surface area (Å²) in [6.45, 7) is 7.92. The number of hydrogen-bond donors (Lipinski definition) is 2. The average molecular weight is 205 g/mol. The van der Waals surface area contributed by atoms with E-state index in [0.29, 0.717) is 5.25 Å². The van der Waals surface area contributed by atoms with E-state index in [0.717, 1.165) is 6.42 Å². The minimum atomic E-state index is -0.930. The van der Waals surface area contributed by atoms with Gasteiger partial charge in [-0.3, -0.25) is 4.79 Å². The van der Waals surface area contributed by atoms with Gasteiger partial charge in [0, 0.05) is 10.00 Å². The van der Waals surface area contributed by atoms with Gasteiger partial charge in [-0.05, 0) is 20.3 Å². The molecule has 0 aromatic rings. The zero-order valence-electron chi connectivity index (χ0n) is 8.70. The zero-order chi connectivity index (χ0) is 10.6. The van der Waals surface area contributed by atoms with Gasteiger partial charge in [-0.15, -0.1) is 0 Å². The minimum Gasteiger partial charge on any atom is -0.480 e. The molecule has 4 heteroatoms. The van der Waals surface area contributed by atoms with Crippen LogP contribution in [0.1, 0.15) is 34.1 Å². The van der Waals surface area contributed by atoms with Crippen LogP contribution in [0.3, 0.4) is 0 Å². The summed E-state index contributed by atoms with van der Waals surface area (Å²) >= 11 is 1.63. The van der Waals surface area contributed by atoms with E-state index in [2.05, 4.69) is 13.8 Å². The summed E-state index contributed by atoms with van der Waals surface area (Å²) in [7, 11) is 0. The van der Waals surface area contributed by atoms with Crippen molar-refractivity contribution in [3.8, 4) is 0 Å². The molecule has 0 aliphatic rings. The molecule has 0 radical (unpaired) electrons. The summed E-state index contributed by atoms with van der Waals surface area (Å²) in [6.07, 6.45) is 1.03. The maximum atomic E-state index is 10.7. The van der Waals surface area contributed by atoms with Gasteiger partial charge in [-0.2, -0.15) is 11.8 Å². The van der Waals surface area contributed by atoms with Gasteiger partial charge in [-0.1, -0.05) is 13.8 Å². The van der Waals surface area contributed by atoms with Gasteiger partial charge in [0.15, 0.2) is 0 Å². The molecule has 0 bridgehead atoms. The van der Waals surface area contributed by atoms with E-state index in [4.69, 9.17) is 10.8 Å². The molecule has 0 amide bonds. The monoisotopic (exact) mass is 205 g/mol. The van der Waals surface area contributed by atoms with Crippen LogP contribution in [0.5, 0.6) is 0 Å². The fraction of sp³-hybridized carbons (Fsp3) is 0.889. The molecule has 78 valence electrons. The second-order valence-corrected chi connectivity index (χ2v) is 5.85. The molecule has 3 N–H and O–H groups in total. The summed E-state index contributed by atoms with van der Waals surface area (Å²) in [6, 6.07) is -0.800. The molecule has 0 heterocycles. The number of carboxylic acids is 1. The van der Waals surface area contributed by atoms with Crippen LogP contribution < -0.4 is 5.73 Å². The fourth-order valence-corrected chi connectivity index (χ4v) is 2.42. The van der Waals surface area contributed by atoms with Crippen molar-refractivity contribution in [2.24, 2.45) is 5.73 Å². The topological polar surface area (TPSA) is 63.3 Å². The Bertz CT molecular complexity index is 182. The lowest BCUT2D eigenvalue weighted by Crippen LogP contribution is -2.47. The quantitative estimate of drug-likeness (QED) is 0.717. The van der Waals surface area contributed by atoms with Gasteiger partial charge >= 0.3 is 5.97 Å². The molecular formula is C9H19NO2S. The first-order valence-electron chi connectivity index (χ1n) is 4.47. The standard InChI is InChI=1S/C9H19NO2S/c1-5-6(2)13-9(3,4)7(10)8(11)12/h6-7H,5,10H2,1-4H3,(H,11,12)/t6?,7-/m0/s1. The van der Waals surface area contributed by atoms with Crippen LogP contribution in [0.2, 0.25) is 0 Å². The second-order valence-electron chi connectivity index (χ2n) is 3.76. The first kappa shape index (κ1) is 12.8. The Morgan fingerprint density at radius 3 is 2.38 bits per heavy atom. The maximum Gasteiger partial charge on any atom is 0.321 e. The Kier molecular flexibility index (Phi) is 4.78. The Hall–Kier alpha value is -0.220. The lowest BCUT2D eigenvalue weighted by molar-refractivity contribution is -0.139. The van der Waals surface area contributed by atoms with Gasteiger partial charge in [0.25, 0.3) is 0 Å². The van der Waals surface area contributed by atoms with Crippen molar-refractivity contribution < 1.29 is 9.90 Å². The van der Waals surface area contributed by atoms with Crippen molar-refractivity contribution in [3.63, 3.8) is 0 Å². The third-order valence-electron chi connectivity index (χ3n) is 2.09. The molecule has 1 unspecified atom stereocenters. The summed E-state index contributed by atoms with van der Waals surface area (Å²) in [5, 5.41) is 9.21. The Morgan fingerprint density at radius 2 is 2.08 bits per heavy atom. The van der Waals surface area contributed by atoms with E-state index in [1.807, 2.05) is 13.8 Å². The van der Waals surface area contributed by atoms with Crippen LogP contribution >= 0.6 is 11.8 Å². The number of rotatable bonds is 5. The average Bonchev–Trinajstić information content (AvgIpc) is 2.01. The van der Waals surface area contributed by atoms with E-state index < -0.39 is 16.8 Å². The third-order valence-corrected chi connectivity index (χ3v) is 3.69. The van der Waals surface area contributed by atoms with E-state index >= 15 is 0 Å². The van der Waals surface area contributed by atoms with Crippen LogP contribution in [-0.4, -0.2) is 27.1 Å². The number of thioether (sulfide) groups is 1. The SMILES string of the molecule is CCC(C)SC(C)(C)[C@@H](N)C(=O)O. The smallest absolute Gasteiger partial charge is 0.321 e. The number of nitrogens with two attached hydrogens (primary N) is 1. The highest BCUT2D eigenvalue weighted by Crippen LogP contribution is 2.32. The highest BCUT2D eigenvalue weighted by Gasteiger charge is 2.33. The van der Waals surface area contributed by atoms with E-state index in [1.165, 1.54) is 0 Å². The second kappa shape index (κ2) is 4.86. The maximum absolute atomic E-state index is 10.7. The first-order valence-corrected chi connectivity index (χ1v) is 5.35. The third kappa shape index (κ3) is 4.00. The Labute approximate surface area is 84.1 Å². The normalized spacial score (nSPS) is 16.7. The number of carboxylic acid groups (broad SMARTS) is 1. The molecule has 2 atom stereocenters. The molecular weight excluding hydrogens is 186 g/mol. The Morgan fingerprint density at radius 1 is 1.62 bits per heavy atom. The molecule has 0 aromatic carbocycles. The minimum absolute atomic E-state index is 0.402. The van der Waals surface area contributed by atoms with E-state index in [9.17, 15) is 4.79 Å². The predicted molar refractivity (Wildman–Crippen MR) is 57.0 cm³/mol. The molecule has 0 spiro atoms. The van der Waals surface area contributed by atoms with Crippen molar-refractivity contribution in [1.82, 2.24) is 0 Å². The van der Waals surface area contributed by atoms with Crippen LogP contribution in [-0.2, 0) is 4.79 Å². The molecule has 0 fully saturated rings. The molecule has 0 saturated carbocycles. The molecule has 0 rings (SSSR count). The number of hydrogen-bond acceptors (Lipinski definition) is 3. The summed E-state index contributed by atoms with van der Waals surface area (Å²) < 4.78 is -0.402. The van der Waals surface area contributed by atoms with Crippen molar-refractivity contribution >= 4 is 17.7 Å². The largest absolute Gasteiger partial charge is 0.480 e. The van der Waals surface area contributed by atoms with Crippen molar-refractivity contribution in [2.45, 2.75) is 50.2 Å². The molecule has 0 aliphatic carbocycles. The summed E-state index contributed by atoms with van der Waals surface area (Å²) in [4.78, 5) is 10.7. The van der Waals surface area contributed by atoms with Crippen LogP contribution in [0.25, 0.3) is 0 Å². The van der Waals surface area contributed by atoms with Crippen LogP contribution in [0.15, 0.2) is 0 Å². The zero-order valence-corrected chi connectivity index (χ0v) is 9.52. The first-order chi connectivity index (χ1) is 5.81. The van der Waals surface area contributed by atoms with Crippen molar-refractivity contribution in [1.29, 1.82) is 0 Å². The van der Waals surface area contributed by atoms with Gasteiger partial charge in [0.2, 0.25) is 0 Å². The molecule has 0 aliphatic heterocycles. The fourth-order valence-electron chi connectivity index (χ4n) is 0.973. The number of carbonyl (C=O) groups is 1.